The Balaban J connectivity index is 0.000000220. The lowest BCUT2D eigenvalue weighted by molar-refractivity contribution is -0.121. The number of carbonyl (C=O) groups is 4. The van der Waals surface area contributed by atoms with Gasteiger partial charge >= 0.3 is 0 Å². The molecule has 116 valence electrons. The quantitative estimate of drug-likeness (QED) is 0.564. The first kappa shape index (κ1) is 18.1. The summed E-state index contributed by atoms with van der Waals surface area (Å²) >= 11 is 11.0. The molecular formula is C14H12Cl2N2O4. The number of aliphatic imine (C=N–C) groups is 2. The number of dihydropyridines is 1. The van der Waals surface area contributed by atoms with Crippen molar-refractivity contribution in [2.24, 2.45) is 9.98 Å². The van der Waals surface area contributed by atoms with E-state index in [1.165, 1.54) is 26.1 Å². The van der Waals surface area contributed by atoms with Crippen LogP contribution in [0, 0.1) is 0 Å². The van der Waals surface area contributed by atoms with Gasteiger partial charge in [-0.05, 0) is 19.9 Å². The van der Waals surface area contributed by atoms with Crippen LogP contribution in [0.15, 0.2) is 32.4 Å². The minimum atomic E-state index is -0.322. The van der Waals surface area contributed by atoms with Crippen molar-refractivity contribution in [2.75, 3.05) is 6.54 Å². The lowest BCUT2D eigenvalue weighted by atomic mass is 10.1. The highest BCUT2D eigenvalue weighted by Crippen LogP contribution is 2.17. The van der Waals surface area contributed by atoms with E-state index in [1.54, 1.807) is 0 Å². The van der Waals surface area contributed by atoms with Crippen molar-refractivity contribution in [3.8, 4) is 0 Å². The normalized spacial score (nSPS) is 17.5. The van der Waals surface area contributed by atoms with Crippen LogP contribution < -0.4 is 0 Å². The van der Waals surface area contributed by atoms with Crippen molar-refractivity contribution in [3.63, 3.8) is 0 Å². The molecule has 0 spiro atoms. The van der Waals surface area contributed by atoms with Gasteiger partial charge in [0.05, 0.1) is 11.1 Å². The molecule has 0 amide bonds. The van der Waals surface area contributed by atoms with Crippen LogP contribution in [0.2, 0.25) is 0 Å². The largest absolute Gasteiger partial charge is 0.294 e. The number of carbonyl (C=O) groups excluding carboxylic acids is 4. The van der Waals surface area contributed by atoms with Crippen LogP contribution in [0.5, 0.6) is 0 Å². The molecule has 0 fully saturated rings. The Hall–Kier alpha value is -1.92. The van der Waals surface area contributed by atoms with E-state index < -0.39 is 0 Å². The van der Waals surface area contributed by atoms with E-state index in [9.17, 15) is 19.2 Å². The summed E-state index contributed by atoms with van der Waals surface area (Å²) in [6, 6.07) is 0. The summed E-state index contributed by atoms with van der Waals surface area (Å²) in [5, 5.41) is 0.226. The average molecular weight is 343 g/mol. The molecule has 2 aliphatic rings. The number of ketones is 4. The second kappa shape index (κ2) is 7.91. The van der Waals surface area contributed by atoms with E-state index in [4.69, 9.17) is 23.2 Å². The number of hydrogen-bond donors (Lipinski definition) is 0. The van der Waals surface area contributed by atoms with E-state index in [-0.39, 0.29) is 57.6 Å². The van der Waals surface area contributed by atoms with Crippen molar-refractivity contribution < 1.29 is 19.2 Å². The molecule has 0 N–H and O–H groups in total. The van der Waals surface area contributed by atoms with Gasteiger partial charge in [0, 0.05) is 12.6 Å². The first-order chi connectivity index (χ1) is 10.2. The molecule has 22 heavy (non-hydrogen) atoms. The summed E-state index contributed by atoms with van der Waals surface area (Å²) in [4.78, 5) is 50.8. The maximum Gasteiger partial charge on any atom is 0.187 e. The van der Waals surface area contributed by atoms with Crippen LogP contribution in [0.1, 0.15) is 20.3 Å². The average Bonchev–Trinajstić information content (AvgIpc) is 2.41. The smallest absolute Gasteiger partial charge is 0.187 e. The zero-order valence-corrected chi connectivity index (χ0v) is 13.4. The molecule has 2 heterocycles. The van der Waals surface area contributed by atoms with Gasteiger partial charge in [0.15, 0.2) is 23.1 Å². The zero-order valence-electron chi connectivity index (χ0n) is 11.9. The molecule has 0 unspecified atom stereocenters. The Labute approximate surface area is 136 Å². The standard InChI is InChI=1S/2C7H6ClNO2/c1-4(10)5-2-7(8)9-3-6(5)11;1-4(10)6-5(11)2-3-9-7(6)8/h2H,3H2,1H3;3H,2H2,1H3. The number of Topliss-reactive ketones (excluding diaryl/α,β-unsaturated/α-hetero) is 4. The van der Waals surface area contributed by atoms with E-state index in [0.29, 0.717) is 0 Å². The van der Waals surface area contributed by atoms with Gasteiger partial charge in [0.1, 0.15) is 16.9 Å². The highest BCUT2D eigenvalue weighted by molar-refractivity contribution is 6.69. The van der Waals surface area contributed by atoms with Crippen molar-refractivity contribution in [1.82, 2.24) is 0 Å². The van der Waals surface area contributed by atoms with Gasteiger partial charge in [-0.1, -0.05) is 23.2 Å². The minimum absolute atomic E-state index is 0.00810. The Morgan fingerprint density at radius 1 is 1.09 bits per heavy atom. The molecule has 0 bridgehead atoms. The number of nitrogens with zero attached hydrogens (tertiary/aromatic N) is 2. The third kappa shape index (κ3) is 4.82. The SMILES string of the molecule is CC(=O)C1=C(Cl)N=CCC1=O.CC(=O)C1=CC(Cl)=NCC1=O. The molecule has 0 radical (unpaired) electrons. The van der Waals surface area contributed by atoms with Crippen molar-refractivity contribution >= 4 is 57.7 Å². The number of halogens is 2. The van der Waals surface area contributed by atoms with Crippen LogP contribution in [-0.2, 0) is 19.2 Å². The summed E-state index contributed by atoms with van der Waals surface area (Å²) in [7, 11) is 0. The molecule has 0 atom stereocenters. The Kier molecular flexibility index (Phi) is 6.52. The first-order valence-corrected chi connectivity index (χ1v) is 6.91. The van der Waals surface area contributed by atoms with Crippen LogP contribution >= 0.6 is 23.2 Å². The minimum Gasteiger partial charge on any atom is -0.294 e. The molecule has 2 rings (SSSR count). The molecule has 0 aromatic heterocycles. The fourth-order valence-electron chi connectivity index (χ4n) is 1.61. The summed E-state index contributed by atoms with van der Waals surface area (Å²) < 4.78 is 0. The lowest BCUT2D eigenvalue weighted by Gasteiger charge is -2.05. The predicted molar refractivity (Wildman–Crippen MR) is 83.6 cm³/mol. The highest BCUT2D eigenvalue weighted by atomic mass is 35.5. The molecule has 6 nitrogen and oxygen atoms in total. The van der Waals surface area contributed by atoms with E-state index in [1.807, 2.05) is 0 Å². The first-order valence-electron chi connectivity index (χ1n) is 6.16. The zero-order chi connectivity index (χ0) is 16.9. The summed E-state index contributed by atoms with van der Waals surface area (Å²) in [6.07, 6.45) is 2.87. The van der Waals surface area contributed by atoms with E-state index >= 15 is 0 Å². The van der Waals surface area contributed by atoms with Crippen LogP contribution in [0.3, 0.4) is 0 Å². The van der Waals surface area contributed by atoms with E-state index in [2.05, 4.69) is 9.98 Å². The molecule has 2 aliphatic heterocycles. The predicted octanol–water partition coefficient (Wildman–Crippen LogP) is 1.79. The summed E-state index contributed by atoms with van der Waals surface area (Å²) in [5.74, 6) is -1.10. The number of allylic oxidation sites excluding steroid dienone is 2. The summed E-state index contributed by atoms with van der Waals surface area (Å²) in [6.45, 7) is 2.62. The molecule has 0 saturated carbocycles. The number of hydrogen-bond acceptors (Lipinski definition) is 6. The Morgan fingerprint density at radius 2 is 1.73 bits per heavy atom. The molecule has 0 aromatic carbocycles. The topological polar surface area (TPSA) is 93.0 Å². The second-order valence-corrected chi connectivity index (χ2v) is 5.08. The molecule has 0 aliphatic carbocycles. The highest BCUT2D eigenvalue weighted by Gasteiger charge is 2.20. The van der Waals surface area contributed by atoms with Crippen LogP contribution in [0.25, 0.3) is 0 Å². The van der Waals surface area contributed by atoms with Gasteiger partial charge in [-0.15, -0.1) is 0 Å². The lowest BCUT2D eigenvalue weighted by Crippen LogP contribution is -2.17. The molecule has 8 heteroatoms. The monoisotopic (exact) mass is 342 g/mol. The van der Waals surface area contributed by atoms with Gasteiger partial charge in [-0.2, -0.15) is 0 Å². The van der Waals surface area contributed by atoms with Crippen molar-refractivity contribution in [2.45, 2.75) is 20.3 Å². The maximum atomic E-state index is 11.0. The fourth-order valence-corrected chi connectivity index (χ4v) is 2.08. The Bertz CT molecular complexity index is 672. The van der Waals surface area contributed by atoms with Crippen molar-refractivity contribution in [1.29, 1.82) is 0 Å². The third-order valence-corrected chi connectivity index (χ3v) is 3.15. The van der Waals surface area contributed by atoms with Gasteiger partial charge < -0.3 is 0 Å². The van der Waals surface area contributed by atoms with Gasteiger partial charge in [-0.3, -0.25) is 24.2 Å². The maximum absolute atomic E-state index is 11.0. The second-order valence-electron chi connectivity index (χ2n) is 4.34. The number of rotatable bonds is 2. The van der Waals surface area contributed by atoms with Gasteiger partial charge in [-0.25, -0.2) is 4.99 Å². The third-order valence-electron chi connectivity index (χ3n) is 2.64. The van der Waals surface area contributed by atoms with Crippen molar-refractivity contribution in [3.05, 3.63) is 22.4 Å². The van der Waals surface area contributed by atoms with Gasteiger partial charge in [0.2, 0.25) is 0 Å². The van der Waals surface area contributed by atoms with Crippen LogP contribution in [0.4, 0.5) is 0 Å². The molecule has 0 aromatic rings. The summed E-state index contributed by atoms with van der Waals surface area (Å²) in [5.41, 5.74) is 0.166. The Morgan fingerprint density at radius 3 is 2.14 bits per heavy atom. The fraction of sp³-hybridized carbons (Fsp3) is 0.286. The van der Waals surface area contributed by atoms with E-state index in [0.717, 1.165) is 0 Å². The molecular weight excluding hydrogens is 331 g/mol. The van der Waals surface area contributed by atoms with Gasteiger partial charge in [0.25, 0.3) is 0 Å². The molecule has 0 saturated heterocycles. The van der Waals surface area contributed by atoms with Crippen LogP contribution in [-0.4, -0.2) is 41.1 Å².